The number of carbonyl (C=O) groups is 2. The normalized spacial score (nSPS) is 15.5. The van der Waals surface area contributed by atoms with E-state index in [1.54, 1.807) is 30.6 Å². The Labute approximate surface area is 203 Å². The standard InChI is InChI=1S/C27H22N4O3Si/c1-34-18-12-13-19-20(14-18)26(33)31(25(19)32)27-28-15-17(16-29-27)30-21-8-4-6-10-23(21)35(2,3)24-11-7-5-9-22(24)30/h4-16H,1-3H3. The summed E-state index contributed by atoms with van der Waals surface area (Å²) in [5.41, 5.74) is 3.57. The number of carbonyl (C=O) groups excluding carboxylic acids is 2. The zero-order valence-corrected chi connectivity index (χ0v) is 20.5. The fraction of sp³-hybridized carbons (Fsp3) is 0.111. The van der Waals surface area contributed by atoms with E-state index in [-0.39, 0.29) is 11.5 Å². The van der Waals surface area contributed by atoms with Gasteiger partial charge in [-0.1, -0.05) is 49.5 Å². The van der Waals surface area contributed by atoms with Gasteiger partial charge in [0.05, 0.1) is 36.3 Å². The lowest BCUT2D eigenvalue weighted by atomic mass is 10.1. The van der Waals surface area contributed by atoms with E-state index in [1.165, 1.54) is 17.5 Å². The molecule has 3 aromatic carbocycles. The first-order chi connectivity index (χ1) is 16.9. The number of amides is 2. The number of anilines is 4. The van der Waals surface area contributed by atoms with Gasteiger partial charge in [0.1, 0.15) is 13.8 Å². The highest BCUT2D eigenvalue weighted by molar-refractivity contribution is 7.02. The van der Waals surface area contributed by atoms with Crippen LogP contribution in [-0.4, -0.2) is 37.0 Å². The summed E-state index contributed by atoms with van der Waals surface area (Å²) in [6.07, 6.45) is 3.33. The minimum absolute atomic E-state index is 0.0483. The molecule has 172 valence electrons. The maximum Gasteiger partial charge on any atom is 0.268 e. The molecular formula is C27H22N4O3Si. The minimum atomic E-state index is -1.89. The predicted molar refractivity (Wildman–Crippen MR) is 138 cm³/mol. The molecular weight excluding hydrogens is 456 g/mol. The Morgan fingerprint density at radius 3 is 1.91 bits per heavy atom. The second kappa shape index (κ2) is 7.61. The fourth-order valence-electron chi connectivity index (χ4n) is 5.02. The Morgan fingerprint density at radius 2 is 1.31 bits per heavy atom. The van der Waals surface area contributed by atoms with Crippen molar-refractivity contribution in [1.29, 1.82) is 0 Å². The van der Waals surface area contributed by atoms with Crippen LogP contribution in [0.15, 0.2) is 79.1 Å². The molecule has 0 saturated heterocycles. The smallest absolute Gasteiger partial charge is 0.268 e. The van der Waals surface area contributed by atoms with Gasteiger partial charge in [0.25, 0.3) is 11.8 Å². The third-order valence-electron chi connectivity index (χ3n) is 6.81. The molecule has 7 nitrogen and oxygen atoms in total. The SMILES string of the molecule is COc1ccc2c(c1)C(=O)N(c1ncc(N3c4ccccc4[Si](C)(C)c4ccccc43)cn1)C2=O. The summed E-state index contributed by atoms with van der Waals surface area (Å²) in [7, 11) is -0.374. The third-order valence-corrected chi connectivity index (χ3v) is 10.4. The van der Waals surface area contributed by atoms with E-state index in [4.69, 9.17) is 4.74 Å². The minimum Gasteiger partial charge on any atom is -0.497 e. The Balaban J connectivity index is 1.41. The van der Waals surface area contributed by atoms with E-state index in [9.17, 15) is 9.59 Å². The van der Waals surface area contributed by atoms with Crippen molar-refractivity contribution in [3.05, 3.63) is 90.3 Å². The summed E-state index contributed by atoms with van der Waals surface area (Å²) in [5.74, 6) is -0.344. The van der Waals surface area contributed by atoms with E-state index in [0.29, 0.717) is 11.3 Å². The summed E-state index contributed by atoms with van der Waals surface area (Å²) in [6, 6.07) is 21.7. The zero-order chi connectivity index (χ0) is 24.3. The first-order valence-electron chi connectivity index (χ1n) is 11.3. The van der Waals surface area contributed by atoms with E-state index >= 15 is 0 Å². The van der Waals surface area contributed by atoms with Gasteiger partial charge in [0.2, 0.25) is 5.95 Å². The number of para-hydroxylation sites is 2. The molecule has 2 aliphatic rings. The largest absolute Gasteiger partial charge is 0.497 e. The highest BCUT2D eigenvalue weighted by Gasteiger charge is 2.40. The van der Waals surface area contributed by atoms with Crippen molar-refractivity contribution < 1.29 is 14.3 Å². The summed E-state index contributed by atoms with van der Waals surface area (Å²) in [4.78, 5) is 38.1. The molecule has 0 aliphatic carbocycles. The highest BCUT2D eigenvalue weighted by Crippen LogP contribution is 2.38. The van der Waals surface area contributed by atoms with Crippen molar-refractivity contribution >= 4 is 53.3 Å². The molecule has 2 aliphatic heterocycles. The highest BCUT2D eigenvalue weighted by atomic mass is 28.3. The quantitative estimate of drug-likeness (QED) is 0.329. The van der Waals surface area contributed by atoms with Crippen LogP contribution in [-0.2, 0) is 0 Å². The van der Waals surface area contributed by atoms with Gasteiger partial charge in [0, 0.05) is 11.4 Å². The molecule has 0 N–H and O–H groups in total. The lowest BCUT2D eigenvalue weighted by Gasteiger charge is -2.40. The number of nitrogens with zero attached hydrogens (tertiary/aromatic N) is 4. The Kier molecular flexibility index (Phi) is 4.62. The van der Waals surface area contributed by atoms with Gasteiger partial charge in [0.15, 0.2) is 0 Å². The van der Waals surface area contributed by atoms with Crippen molar-refractivity contribution in [2.75, 3.05) is 16.9 Å². The molecule has 2 amide bonds. The summed E-state index contributed by atoms with van der Waals surface area (Å²) >= 11 is 0. The number of hydrogen-bond donors (Lipinski definition) is 0. The summed E-state index contributed by atoms with van der Waals surface area (Å²) in [5, 5.41) is 2.66. The van der Waals surface area contributed by atoms with Crippen molar-refractivity contribution in [3.63, 3.8) is 0 Å². The number of methoxy groups -OCH3 is 1. The number of rotatable bonds is 3. The average Bonchev–Trinajstić information content (AvgIpc) is 3.14. The monoisotopic (exact) mass is 478 g/mol. The Bertz CT molecular complexity index is 1470. The molecule has 1 aromatic heterocycles. The molecule has 8 heteroatoms. The van der Waals surface area contributed by atoms with Gasteiger partial charge in [-0.15, -0.1) is 0 Å². The van der Waals surface area contributed by atoms with Crippen LogP contribution in [0.5, 0.6) is 5.75 Å². The second-order valence-corrected chi connectivity index (χ2v) is 13.4. The van der Waals surface area contributed by atoms with Crippen LogP contribution in [0.1, 0.15) is 20.7 Å². The lowest BCUT2D eigenvalue weighted by molar-refractivity contribution is 0.0923. The molecule has 6 rings (SSSR count). The molecule has 4 aromatic rings. The molecule has 3 heterocycles. The Hall–Kier alpha value is -4.30. The van der Waals surface area contributed by atoms with E-state index in [1.807, 2.05) is 12.1 Å². The molecule has 0 fully saturated rings. The van der Waals surface area contributed by atoms with Crippen LogP contribution in [0, 0.1) is 0 Å². The van der Waals surface area contributed by atoms with Gasteiger partial charge < -0.3 is 9.64 Å². The van der Waals surface area contributed by atoms with Crippen LogP contribution in [0.3, 0.4) is 0 Å². The van der Waals surface area contributed by atoms with Gasteiger partial charge >= 0.3 is 0 Å². The predicted octanol–water partition coefficient (Wildman–Crippen LogP) is 3.89. The molecule has 0 atom stereocenters. The van der Waals surface area contributed by atoms with Crippen molar-refractivity contribution in [2.45, 2.75) is 13.1 Å². The van der Waals surface area contributed by atoms with Gasteiger partial charge in [-0.05, 0) is 40.7 Å². The number of imide groups is 1. The molecule has 0 radical (unpaired) electrons. The lowest BCUT2D eigenvalue weighted by Crippen LogP contribution is -2.58. The number of ether oxygens (including phenoxy) is 1. The number of hydrogen-bond acceptors (Lipinski definition) is 6. The molecule has 0 unspecified atom stereocenters. The van der Waals surface area contributed by atoms with E-state index in [2.05, 4.69) is 64.4 Å². The first-order valence-corrected chi connectivity index (χ1v) is 14.3. The van der Waals surface area contributed by atoms with Crippen molar-refractivity contribution in [3.8, 4) is 5.75 Å². The molecule has 35 heavy (non-hydrogen) atoms. The molecule has 0 saturated carbocycles. The van der Waals surface area contributed by atoms with Crippen molar-refractivity contribution in [1.82, 2.24) is 9.97 Å². The second-order valence-electron chi connectivity index (χ2n) is 9.09. The van der Waals surface area contributed by atoms with Crippen LogP contribution in [0.25, 0.3) is 0 Å². The van der Waals surface area contributed by atoms with Gasteiger partial charge in [-0.3, -0.25) is 9.59 Å². The van der Waals surface area contributed by atoms with Gasteiger partial charge in [-0.25, -0.2) is 14.9 Å². The van der Waals surface area contributed by atoms with Crippen LogP contribution in [0.4, 0.5) is 23.0 Å². The maximum absolute atomic E-state index is 13.0. The maximum atomic E-state index is 13.0. The van der Waals surface area contributed by atoms with E-state index < -0.39 is 19.9 Å². The summed E-state index contributed by atoms with van der Waals surface area (Å²) < 4.78 is 5.20. The number of fused-ring (bicyclic) bond motifs is 3. The van der Waals surface area contributed by atoms with Crippen LogP contribution < -0.4 is 24.9 Å². The first kappa shape index (κ1) is 21.2. The summed E-state index contributed by atoms with van der Waals surface area (Å²) in [6.45, 7) is 4.72. The zero-order valence-electron chi connectivity index (χ0n) is 19.5. The van der Waals surface area contributed by atoms with Crippen molar-refractivity contribution in [2.24, 2.45) is 0 Å². The van der Waals surface area contributed by atoms with E-state index in [0.717, 1.165) is 22.0 Å². The third kappa shape index (κ3) is 3.03. The molecule has 0 spiro atoms. The van der Waals surface area contributed by atoms with Crippen LogP contribution >= 0.6 is 0 Å². The number of benzene rings is 3. The molecule has 0 bridgehead atoms. The van der Waals surface area contributed by atoms with Crippen LogP contribution in [0.2, 0.25) is 13.1 Å². The average molecular weight is 479 g/mol. The Morgan fingerprint density at radius 1 is 0.743 bits per heavy atom. The van der Waals surface area contributed by atoms with Gasteiger partial charge in [-0.2, -0.15) is 0 Å². The number of aromatic nitrogens is 2. The topological polar surface area (TPSA) is 75.6 Å². The fourth-order valence-corrected chi connectivity index (χ4v) is 8.01.